The van der Waals surface area contributed by atoms with Crippen LogP contribution in [0.2, 0.25) is 10.0 Å². The van der Waals surface area contributed by atoms with E-state index in [0.29, 0.717) is 33.0 Å². The zero-order valence-corrected chi connectivity index (χ0v) is 23.8. The lowest BCUT2D eigenvalue weighted by atomic mass is 9.80. The maximum absolute atomic E-state index is 10.0. The molecule has 2 aliphatic rings. The van der Waals surface area contributed by atoms with Crippen LogP contribution in [0, 0.1) is 23.2 Å². The zero-order chi connectivity index (χ0) is 27.0. The normalized spacial score (nSPS) is 19.9. The number of nitrogens with zero attached hydrogens (tertiary/aromatic N) is 7. The first-order valence-electron chi connectivity index (χ1n) is 13.4. The molecule has 2 aromatic heterocycles. The van der Waals surface area contributed by atoms with Gasteiger partial charge in [-0.3, -0.25) is 0 Å². The number of rotatable bonds is 8. The number of aliphatic hydroxyl groups is 1. The third kappa shape index (κ3) is 5.76. The number of nitriles is 1. The third-order valence-corrected chi connectivity index (χ3v) is 8.54. The summed E-state index contributed by atoms with van der Waals surface area (Å²) in [6, 6.07) is 7.30. The van der Waals surface area contributed by atoms with Gasteiger partial charge in [-0.05, 0) is 89.1 Å². The molecule has 2 atom stereocenters. The van der Waals surface area contributed by atoms with Gasteiger partial charge in [-0.15, -0.1) is 0 Å². The summed E-state index contributed by atoms with van der Waals surface area (Å²) in [6.07, 6.45) is 6.12. The number of benzene rings is 1. The van der Waals surface area contributed by atoms with Crippen LogP contribution in [0.3, 0.4) is 0 Å². The van der Waals surface area contributed by atoms with E-state index in [-0.39, 0.29) is 11.7 Å². The molecule has 4 heterocycles. The number of hydrogen-bond donors (Lipinski definition) is 1. The van der Waals surface area contributed by atoms with Crippen LogP contribution >= 0.6 is 23.2 Å². The minimum Gasteiger partial charge on any atom is -0.390 e. The van der Waals surface area contributed by atoms with Gasteiger partial charge < -0.3 is 14.9 Å². The van der Waals surface area contributed by atoms with Crippen LogP contribution in [0.4, 0.5) is 5.82 Å². The van der Waals surface area contributed by atoms with Gasteiger partial charge in [0.05, 0.1) is 17.8 Å². The second kappa shape index (κ2) is 11.0. The Morgan fingerprint density at radius 1 is 1.21 bits per heavy atom. The molecule has 38 heavy (non-hydrogen) atoms. The lowest BCUT2D eigenvalue weighted by Crippen LogP contribution is -2.54. The van der Waals surface area contributed by atoms with Crippen LogP contribution in [0.15, 0.2) is 24.4 Å². The van der Waals surface area contributed by atoms with Gasteiger partial charge >= 0.3 is 0 Å². The molecular formula is C28H35Cl2N7O. The van der Waals surface area contributed by atoms with Crippen LogP contribution < -0.4 is 4.90 Å². The molecule has 0 spiro atoms. The Morgan fingerprint density at radius 2 is 2.00 bits per heavy atom. The summed E-state index contributed by atoms with van der Waals surface area (Å²) in [6.45, 7) is 11.0. The van der Waals surface area contributed by atoms with Gasteiger partial charge in [0.1, 0.15) is 17.4 Å². The fourth-order valence-corrected chi connectivity index (χ4v) is 6.35. The van der Waals surface area contributed by atoms with E-state index in [1.807, 2.05) is 26.8 Å². The predicted octanol–water partition coefficient (Wildman–Crippen LogP) is 5.31. The Morgan fingerprint density at radius 3 is 2.71 bits per heavy atom. The van der Waals surface area contributed by atoms with Gasteiger partial charge in [-0.1, -0.05) is 29.3 Å². The Hall–Kier alpha value is -2.44. The lowest BCUT2D eigenvalue weighted by molar-refractivity contribution is 0.0594. The van der Waals surface area contributed by atoms with Gasteiger partial charge in [0, 0.05) is 29.7 Å². The SMILES string of the molecule is CC(c1ccc(Cl)cc1Cl)n1nc(C#N)c2ncc(N3CC(C4CCCN(CCCC(C)(C)O)C4)C3)nc21. The fourth-order valence-electron chi connectivity index (χ4n) is 5.78. The molecule has 2 aliphatic heterocycles. The first kappa shape index (κ1) is 27.1. The van der Waals surface area contributed by atoms with E-state index in [4.69, 9.17) is 28.2 Å². The van der Waals surface area contributed by atoms with Crippen molar-refractivity contribution < 1.29 is 5.11 Å². The van der Waals surface area contributed by atoms with Gasteiger partial charge in [-0.2, -0.15) is 10.4 Å². The summed E-state index contributed by atoms with van der Waals surface area (Å²) in [4.78, 5) is 14.4. The number of halogens is 2. The van der Waals surface area contributed by atoms with Crippen LogP contribution in [0.25, 0.3) is 11.2 Å². The average molecular weight is 557 g/mol. The van der Waals surface area contributed by atoms with E-state index >= 15 is 0 Å². The Balaban J connectivity index is 1.28. The van der Waals surface area contributed by atoms with E-state index in [1.165, 1.54) is 12.8 Å². The number of likely N-dealkylation sites (tertiary alicyclic amines) is 1. The van der Waals surface area contributed by atoms with Crippen molar-refractivity contribution in [1.82, 2.24) is 24.6 Å². The van der Waals surface area contributed by atoms with Crippen LogP contribution in [0.5, 0.6) is 0 Å². The van der Waals surface area contributed by atoms with Crippen LogP contribution in [-0.2, 0) is 0 Å². The Kier molecular flexibility index (Phi) is 7.84. The van der Waals surface area contributed by atoms with Gasteiger partial charge in [0.25, 0.3) is 0 Å². The number of piperidine rings is 1. The van der Waals surface area contributed by atoms with E-state index in [0.717, 1.165) is 56.9 Å². The standard InChI is InChI=1S/C28H35Cl2N7O/c1-18(22-8-7-21(29)12-23(22)30)37-27-26(24(13-31)34-37)32-14-25(33-27)36-16-20(17-36)19-6-4-10-35(15-19)11-5-9-28(2,3)38/h7-8,12,14,18-20,38H,4-6,9-11,15-17H2,1-3H3. The summed E-state index contributed by atoms with van der Waals surface area (Å²) in [7, 11) is 0. The first-order chi connectivity index (χ1) is 18.1. The highest BCUT2D eigenvalue weighted by molar-refractivity contribution is 6.35. The molecule has 0 amide bonds. The molecule has 2 unspecified atom stereocenters. The highest BCUT2D eigenvalue weighted by atomic mass is 35.5. The summed E-state index contributed by atoms with van der Waals surface area (Å²) >= 11 is 12.6. The predicted molar refractivity (Wildman–Crippen MR) is 151 cm³/mol. The van der Waals surface area contributed by atoms with Crippen molar-refractivity contribution >= 4 is 40.2 Å². The molecule has 5 rings (SSSR count). The molecule has 3 aromatic rings. The monoisotopic (exact) mass is 555 g/mol. The second-order valence-electron chi connectivity index (χ2n) is 11.4. The molecule has 1 N–H and O–H groups in total. The molecule has 2 fully saturated rings. The number of fused-ring (bicyclic) bond motifs is 1. The van der Waals surface area contributed by atoms with Crippen molar-refractivity contribution in [2.45, 2.75) is 58.1 Å². The van der Waals surface area contributed by atoms with E-state index < -0.39 is 5.60 Å². The molecule has 1 aromatic carbocycles. The van der Waals surface area contributed by atoms with Crippen LogP contribution in [-0.4, -0.2) is 68.1 Å². The summed E-state index contributed by atoms with van der Waals surface area (Å²) in [5, 5.41) is 25.3. The average Bonchev–Trinajstić information content (AvgIpc) is 3.20. The summed E-state index contributed by atoms with van der Waals surface area (Å²) in [5.41, 5.74) is 1.60. The molecular weight excluding hydrogens is 521 g/mol. The quantitative estimate of drug-likeness (QED) is 0.402. The molecule has 202 valence electrons. The van der Waals surface area contributed by atoms with E-state index in [9.17, 15) is 10.4 Å². The topological polar surface area (TPSA) is 94.1 Å². The van der Waals surface area contributed by atoms with Crippen molar-refractivity contribution in [3.8, 4) is 6.07 Å². The van der Waals surface area contributed by atoms with Crippen molar-refractivity contribution in [3.63, 3.8) is 0 Å². The molecule has 0 bridgehead atoms. The molecule has 10 heteroatoms. The minimum atomic E-state index is -0.589. The first-order valence-corrected chi connectivity index (χ1v) is 14.2. The molecule has 2 saturated heterocycles. The third-order valence-electron chi connectivity index (χ3n) is 7.98. The number of hydrogen-bond acceptors (Lipinski definition) is 7. The van der Waals surface area contributed by atoms with E-state index in [1.54, 1.807) is 23.0 Å². The second-order valence-corrected chi connectivity index (χ2v) is 12.3. The summed E-state index contributed by atoms with van der Waals surface area (Å²) < 4.78 is 1.74. The van der Waals surface area contributed by atoms with Crippen molar-refractivity contribution in [2.75, 3.05) is 37.6 Å². The van der Waals surface area contributed by atoms with E-state index in [2.05, 4.69) is 26.0 Å². The highest BCUT2D eigenvalue weighted by Gasteiger charge is 2.37. The Labute approximate surface area is 234 Å². The van der Waals surface area contributed by atoms with Gasteiger partial charge in [0.2, 0.25) is 0 Å². The zero-order valence-electron chi connectivity index (χ0n) is 22.2. The maximum Gasteiger partial charge on any atom is 0.190 e. The molecule has 0 radical (unpaired) electrons. The van der Waals surface area contributed by atoms with Crippen molar-refractivity contribution in [3.05, 3.63) is 45.7 Å². The molecule has 8 nitrogen and oxygen atoms in total. The summed E-state index contributed by atoms with van der Waals surface area (Å²) in [5.74, 6) is 2.13. The molecule has 0 saturated carbocycles. The lowest BCUT2D eigenvalue weighted by Gasteiger charge is -2.47. The number of aromatic nitrogens is 4. The highest BCUT2D eigenvalue weighted by Crippen LogP contribution is 2.35. The Bertz CT molecular complexity index is 1340. The van der Waals surface area contributed by atoms with Crippen LogP contribution in [0.1, 0.15) is 63.8 Å². The number of anilines is 1. The fraction of sp³-hybridized carbons (Fsp3) is 0.571. The minimum absolute atomic E-state index is 0.248. The van der Waals surface area contributed by atoms with Gasteiger partial charge in [-0.25, -0.2) is 14.6 Å². The smallest absolute Gasteiger partial charge is 0.190 e. The maximum atomic E-state index is 10.0. The van der Waals surface area contributed by atoms with Gasteiger partial charge in [0.15, 0.2) is 11.3 Å². The largest absolute Gasteiger partial charge is 0.390 e. The van der Waals surface area contributed by atoms with Crippen molar-refractivity contribution in [1.29, 1.82) is 5.26 Å². The van der Waals surface area contributed by atoms with Crippen molar-refractivity contribution in [2.24, 2.45) is 11.8 Å². The molecule has 0 aliphatic carbocycles.